The number of benzene rings is 4. The highest BCUT2D eigenvalue weighted by Crippen LogP contribution is 2.35. The number of fused-ring (bicyclic) bond motifs is 2. The summed E-state index contributed by atoms with van der Waals surface area (Å²) in [7, 11) is 0. The van der Waals surface area contributed by atoms with E-state index in [-0.39, 0.29) is 17.4 Å². The number of rotatable bonds is 8. The summed E-state index contributed by atoms with van der Waals surface area (Å²) in [6.45, 7) is 2.28. The van der Waals surface area contributed by atoms with Crippen molar-refractivity contribution in [3.8, 4) is 0 Å². The lowest BCUT2D eigenvalue weighted by molar-refractivity contribution is -0.132. The predicted octanol–water partition coefficient (Wildman–Crippen LogP) is 5.00. The van der Waals surface area contributed by atoms with Crippen molar-refractivity contribution in [3.05, 3.63) is 142 Å². The summed E-state index contributed by atoms with van der Waals surface area (Å²) in [4.78, 5) is 19.1. The van der Waals surface area contributed by atoms with E-state index in [4.69, 9.17) is 11.5 Å². The molecule has 7 heteroatoms. The zero-order valence-electron chi connectivity index (χ0n) is 22.1. The van der Waals surface area contributed by atoms with Crippen molar-refractivity contribution in [2.24, 2.45) is 11.5 Å². The van der Waals surface area contributed by atoms with Gasteiger partial charge >= 0.3 is 0 Å². The molecule has 4 aromatic rings. The van der Waals surface area contributed by atoms with Crippen molar-refractivity contribution in [1.82, 2.24) is 9.80 Å². The second-order valence-electron chi connectivity index (χ2n) is 10.8. The molecule has 0 radical (unpaired) electrons. The standard InChI is InChI=1S/C33H32F2N4O/c34-27-13-9-21(10-14-27)29(36)31(38-17-23-5-1-2-6-24(23)18-38)33(40)32(30(37)22-11-15-28(35)16-12-22)39-19-25-7-3-4-8-26(25)20-39/h1-16,29-32H,17-20,36-37H2/t29-,30-,31?,32?/m1/s1. The van der Waals surface area contributed by atoms with E-state index in [1.54, 1.807) is 24.3 Å². The van der Waals surface area contributed by atoms with Crippen molar-refractivity contribution >= 4 is 5.78 Å². The summed E-state index contributed by atoms with van der Waals surface area (Å²) in [6, 6.07) is 25.4. The van der Waals surface area contributed by atoms with E-state index in [2.05, 4.69) is 34.1 Å². The molecule has 2 aliphatic rings. The summed E-state index contributed by atoms with van der Waals surface area (Å²) >= 11 is 0. The number of hydrogen-bond acceptors (Lipinski definition) is 5. The lowest BCUT2D eigenvalue weighted by atomic mass is 9.86. The molecule has 2 aliphatic heterocycles. The molecule has 0 aromatic heterocycles. The molecular weight excluding hydrogens is 506 g/mol. The molecule has 0 saturated heterocycles. The smallest absolute Gasteiger partial charge is 0.170 e. The fourth-order valence-electron chi connectivity index (χ4n) is 6.19. The fraction of sp³-hybridized carbons (Fsp3) is 0.242. The highest BCUT2D eigenvalue weighted by molar-refractivity contribution is 5.91. The monoisotopic (exact) mass is 538 g/mol. The number of nitrogens with two attached hydrogens (primary N) is 2. The van der Waals surface area contributed by atoms with Crippen LogP contribution in [0.1, 0.15) is 45.5 Å². The summed E-state index contributed by atoms with van der Waals surface area (Å²) in [5.74, 6) is -0.828. The zero-order valence-corrected chi connectivity index (χ0v) is 22.1. The minimum absolute atomic E-state index is 0.103. The fourth-order valence-corrected chi connectivity index (χ4v) is 6.19. The van der Waals surface area contributed by atoms with Gasteiger partial charge in [-0.15, -0.1) is 0 Å². The number of ketones is 1. The van der Waals surface area contributed by atoms with E-state index in [0.717, 1.165) is 22.3 Å². The molecule has 40 heavy (non-hydrogen) atoms. The van der Waals surface area contributed by atoms with Crippen molar-refractivity contribution in [2.75, 3.05) is 0 Å². The molecule has 0 amide bonds. The van der Waals surface area contributed by atoms with Gasteiger partial charge in [-0.05, 0) is 57.6 Å². The van der Waals surface area contributed by atoms with Crippen LogP contribution in [0.3, 0.4) is 0 Å². The van der Waals surface area contributed by atoms with Crippen LogP contribution >= 0.6 is 0 Å². The summed E-state index contributed by atoms with van der Waals surface area (Å²) < 4.78 is 27.6. The van der Waals surface area contributed by atoms with Gasteiger partial charge in [0, 0.05) is 26.2 Å². The van der Waals surface area contributed by atoms with Gasteiger partial charge in [-0.25, -0.2) is 8.78 Å². The molecule has 4 aromatic carbocycles. The van der Waals surface area contributed by atoms with Crippen LogP contribution in [0, 0.1) is 11.6 Å². The van der Waals surface area contributed by atoms with Crippen LogP contribution in [-0.2, 0) is 31.0 Å². The number of Topliss-reactive ketones (excluding diaryl/α,β-unsaturated/α-hetero) is 1. The van der Waals surface area contributed by atoms with Gasteiger partial charge < -0.3 is 11.5 Å². The van der Waals surface area contributed by atoms with Crippen molar-refractivity contribution in [3.63, 3.8) is 0 Å². The topological polar surface area (TPSA) is 75.6 Å². The minimum Gasteiger partial charge on any atom is -0.322 e. The summed E-state index contributed by atoms with van der Waals surface area (Å²) in [5, 5.41) is 0. The number of nitrogens with zero attached hydrogens (tertiary/aromatic N) is 2. The van der Waals surface area contributed by atoms with E-state index in [1.165, 1.54) is 24.3 Å². The van der Waals surface area contributed by atoms with Gasteiger partial charge in [0.05, 0.1) is 24.2 Å². The highest BCUT2D eigenvalue weighted by atomic mass is 19.1. The molecule has 2 unspecified atom stereocenters. The van der Waals surface area contributed by atoms with Gasteiger partial charge in [0.1, 0.15) is 11.6 Å². The van der Waals surface area contributed by atoms with Crippen LogP contribution in [0.4, 0.5) is 8.78 Å². The van der Waals surface area contributed by atoms with E-state index < -0.39 is 24.2 Å². The van der Waals surface area contributed by atoms with E-state index in [1.807, 2.05) is 24.3 Å². The average Bonchev–Trinajstić information content (AvgIpc) is 3.58. The molecule has 6 rings (SSSR count). The molecule has 0 bridgehead atoms. The highest BCUT2D eigenvalue weighted by Gasteiger charge is 2.44. The molecule has 0 spiro atoms. The largest absolute Gasteiger partial charge is 0.322 e. The Balaban J connectivity index is 1.40. The molecule has 4 atom stereocenters. The average molecular weight is 539 g/mol. The maximum atomic E-state index is 14.9. The van der Waals surface area contributed by atoms with Crippen molar-refractivity contribution in [2.45, 2.75) is 50.3 Å². The van der Waals surface area contributed by atoms with Gasteiger partial charge in [-0.2, -0.15) is 0 Å². The maximum Gasteiger partial charge on any atom is 0.170 e. The van der Waals surface area contributed by atoms with Gasteiger partial charge in [0.2, 0.25) is 0 Å². The molecule has 2 heterocycles. The summed E-state index contributed by atoms with van der Waals surface area (Å²) in [6.07, 6.45) is 0. The molecule has 4 N–H and O–H groups in total. The van der Waals surface area contributed by atoms with Gasteiger partial charge in [0.25, 0.3) is 0 Å². The van der Waals surface area contributed by atoms with Gasteiger partial charge in [-0.3, -0.25) is 14.6 Å². The third kappa shape index (κ3) is 5.09. The Morgan fingerprint density at radius 2 is 0.850 bits per heavy atom. The SMILES string of the molecule is N[C@H](c1ccc(F)cc1)C(C(=O)C([C@H](N)c1ccc(F)cc1)N1Cc2ccccc2C1)N1Cc2ccccc2C1. The van der Waals surface area contributed by atoms with Crippen molar-refractivity contribution < 1.29 is 13.6 Å². The predicted molar refractivity (Wildman–Crippen MR) is 151 cm³/mol. The van der Waals surface area contributed by atoms with Crippen LogP contribution in [0.2, 0.25) is 0 Å². The lowest BCUT2D eigenvalue weighted by Crippen LogP contribution is -2.56. The third-order valence-electron chi connectivity index (χ3n) is 8.29. The third-order valence-corrected chi connectivity index (χ3v) is 8.29. The van der Waals surface area contributed by atoms with Crippen LogP contribution in [-0.4, -0.2) is 27.7 Å². The van der Waals surface area contributed by atoms with Crippen LogP contribution in [0.25, 0.3) is 0 Å². The normalized spacial score (nSPS) is 18.1. The molecule has 5 nitrogen and oxygen atoms in total. The van der Waals surface area contributed by atoms with E-state index in [9.17, 15) is 13.6 Å². The van der Waals surface area contributed by atoms with Crippen LogP contribution < -0.4 is 11.5 Å². The number of carbonyl (C=O) groups is 1. The van der Waals surface area contributed by atoms with Crippen LogP contribution in [0.15, 0.2) is 97.1 Å². The van der Waals surface area contributed by atoms with Gasteiger partial charge in [0.15, 0.2) is 5.78 Å². The Bertz CT molecular complexity index is 1340. The van der Waals surface area contributed by atoms with Crippen molar-refractivity contribution in [1.29, 1.82) is 0 Å². The number of hydrogen-bond donors (Lipinski definition) is 2. The second kappa shape index (κ2) is 11.0. The zero-order chi connectivity index (χ0) is 27.8. The minimum atomic E-state index is -0.724. The number of carbonyl (C=O) groups excluding carboxylic acids is 1. The number of halogens is 2. The quantitative estimate of drug-likeness (QED) is 0.330. The van der Waals surface area contributed by atoms with E-state index >= 15 is 0 Å². The Hall–Kier alpha value is -3.75. The maximum absolute atomic E-state index is 14.9. The molecule has 204 valence electrons. The Kier molecular flexibility index (Phi) is 7.29. The Labute approximate surface area is 233 Å². The second-order valence-corrected chi connectivity index (χ2v) is 10.8. The lowest BCUT2D eigenvalue weighted by Gasteiger charge is -2.39. The van der Waals surface area contributed by atoms with Gasteiger partial charge in [-0.1, -0.05) is 72.8 Å². The molecule has 0 aliphatic carbocycles. The molecule has 0 fully saturated rings. The first-order valence-corrected chi connectivity index (χ1v) is 13.6. The first-order chi connectivity index (χ1) is 19.4. The summed E-state index contributed by atoms with van der Waals surface area (Å²) in [5.41, 5.74) is 19.7. The Morgan fingerprint density at radius 3 is 1.15 bits per heavy atom. The molecular formula is C33H32F2N4O. The first-order valence-electron chi connectivity index (χ1n) is 13.6. The first kappa shape index (κ1) is 26.5. The van der Waals surface area contributed by atoms with E-state index in [0.29, 0.717) is 37.3 Å². The Morgan fingerprint density at radius 1 is 0.550 bits per heavy atom. The molecule has 0 saturated carbocycles. The van der Waals surface area contributed by atoms with Crippen LogP contribution in [0.5, 0.6) is 0 Å².